The molecule has 1 aliphatic rings. The Morgan fingerprint density at radius 2 is 1.57 bits per heavy atom. The van der Waals surface area contributed by atoms with E-state index >= 15 is 0 Å². The van der Waals surface area contributed by atoms with Gasteiger partial charge in [0.1, 0.15) is 0 Å². The van der Waals surface area contributed by atoms with Gasteiger partial charge in [-0.25, -0.2) is 0 Å². The molecular weight excluding hydrogens is 311 g/mol. The van der Waals surface area contributed by atoms with Crippen molar-refractivity contribution in [2.75, 3.05) is 13.2 Å². The number of halogens is 2. The molecule has 0 aromatic heterocycles. The quantitative estimate of drug-likeness (QED) is 0.769. The third-order valence-corrected chi connectivity index (χ3v) is 3.84. The minimum absolute atomic E-state index is 0.235. The number of carbonyl (C=O) groups excluding carboxylic acids is 1. The van der Waals surface area contributed by atoms with Crippen molar-refractivity contribution >= 4 is 29.0 Å². The van der Waals surface area contributed by atoms with Crippen LogP contribution in [0.15, 0.2) is 36.4 Å². The van der Waals surface area contributed by atoms with Gasteiger partial charge in [0.15, 0.2) is 17.3 Å². The van der Waals surface area contributed by atoms with Crippen molar-refractivity contribution in [1.29, 1.82) is 0 Å². The molecule has 2 aromatic rings. The highest BCUT2D eigenvalue weighted by Crippen LogP contribution is 2.36. The molecule has 0 spiro atoms. The Kier molecular flexibility index (Phi) is 4.04. The van der Waals surface area contributed by atoms with Crippen LogP contribution in [0.5, 0.6) is 11.5 Å². The lowest BCUT2D eigenvalue weighted by atomic mass is 10.0. The molecule has 108 valence electrons. The third-order valence-electron chi connectivity index (χ3n) is 3.20. The third kappa shape index (κ3) is 2.85. The number of hydrogen-bond acceptors (Lipinski definition) is 3. The number of hydrogen-bond donors (Lipinski definition) is 0. The highest BCUT2D eigenvalue weighted by atomic mass is 35.5. The molecule has 0 N–H and O–H groups in total. The van der Waals surface area contributed by atoms with Crippen molar-refractivity contribution in [3.05, 3.63) is 57.6 Å². The summed E-state index contributed by atoms with van der Waals surface area (Å²) in [5.41, 5.74) is 0.768. The Balaban J connectivity index is 2.05. The monoisotopic (exact) mass is 322 g/mol. The number of ether oxygens (including phenoxy) is 2. The van der Waals surface area contributed by atoms with E-state index in [9.17, 15) is 4.79 Å². The van der Waals surface area contributed by atoms with E-state index in [0.717, 1.165) is 6.42 Å². The predicted octanol–water partition coefficient (Wildman–Crippen LogP) is 4.39. The number of rotatable bonds is 2. The summed E-state index contributed by atoms with van der Waals surface area (Å²) in [6, 6.07) is 10.1. The highest BCUT2D eigenvalue weighted by molar-refractivity contribution is 6.38. The molecule has 0 atom stereocenters. The first-order chi connectivity index (χ1) is 10.2. The van der Waals surface area contributed by atoms with Crippen LogP contribution in [0.2, 0.25) is 10.0 Å². The van der Waals surface area contributed by atoms with Crippen LogP contribution in [0.3, 0.4) is 0 Å². The second kappa shape index (κ2) is 5.96. The van der Waals surface area contributed by atoms with Gasteiger partial charge in [-0.2, -0.15) is 0 Å². The molecule has 21 heavy (non-hydrogen) atoms. The van der Waals surface area contributed by atoms with Crippen LogP contribution in [0, 0.1) is 0 Å². The molecule has 1 aliphatic heterocycles. The fraction of sp³-hybridized carbons (Fsp3) is 0.188. The van der Waals surface area contributed by atoms with Gasteiger partial charge in [-0.15, -0.1) is 0 Å². The smallest absolute Gasteiger partial charge is 0.196 e. The van der Waals surface area contributed by atoms with Crippen molar-refractivity contribution in [3.63, 3.8) is 0 Å². The zero-order chi connectivity index (χ0) is 14.8. The van der Waals surface area contributed by atoms with Crippen LogP contribution < -0.4 is 9.47 Å². The van der Waals surface area contributed by atoms with E-state index in [0.29, 0.717) is 45.9 Å². The summed E-state index contributed by atoms with van der Waals surface area (Å²) < 4.78 is 11.1. The standard InChI is InChI=1S/C16H12Cl2O3/c17-12-5-2-1-4-10(12)16(19)11-8-14-15(9-13(11)18)21-7-3-6-20-14/h1-2,4-5,8-9H,3,6-7H2. The van der Waals surface area contributed by atoms with Crippen molar-refractivity contribution in [2.24, 2.45) is 0 Å². The minimum Gasteiger partial charge on any atom is -0.490 e. The largest absolute Gasteiger partial charge is 0.490 e. The molecule has 2 aromatic carbocycles. The molecule has 1 heterocycles. The number of carbonyl (C=O) groups is 1. The summed E-state index contributed by atoms with van der Waals surface area (Å²) in [4.78, 5) is 12.6. The van der Waals surface area contributed by atoms with E-state index in [1.807, 2.05) is 0 Å². The lowest BCUT2D eigenvalue weighted by Crippen LogP contribution is -2.04. The van der Waals surface area contributed by atoms with Crippen molar-refractivity contribution in [1.82, 2.24) is 0 Å². The first kappa shape index (κ1) is 14.2. The number of fused-ring (bicyclic) bond motifs is 1. The van der Waals surface area contributed by atoms with Gasteiger partial charge in [0.05, 0.1) is 23.3 Å². The van der Waals surface area contributed by atoms with Gasteiger partial charge in [0.25, 0.3) is 0 Å². The van der Waals surface area contributed by atoms with Crippen LogP contribution in [0.1, 0.15) is 22.3 Å². The van der Waals surface area contributed by atoms with Gasteiger partial charge >= 0.3 is 0 Å². The SMILES string of the molecule is O=C(c1ccccc1Cl)c1cc2c(cc1Cl)OCCCO2. The van der Waals surface area contributed by atoms with E-state index < -0.39 is 0 Å². The molecular formula is C16H12Cl2O3. The lowest BCUT2D eigenvalue weighted by molar-refractivity contribution is 0.103. The molecule has 3 rings (SSSR count). The van der Waals surface area contributed by atoms with Crippen LogP contribution in [-0.4, -0.2) is 19.0 Å². The van der Waals surface area contributed by atoms with Crippen LogP contribution in [0.4, 0.5) is 0 Å². The van der Waals surface area contributed by atoms with Crippen molar-refractivity contribution in [3.8, 4) is 11.5 Å². The molecule has 0 unspecified atom stereocenters. The zero-order valence-electron chi connectivity index (χ0n) is 11.1. The number of benzene rings is 2. The molecule has 0 fully saturated rings. The summed E-state index contributed by atoms with van der Waals surface area (Å²) in [7, 11) is 0. The van der Waals surface area contributed by atoms with E-state index in [1.54, 1.807) is 36.4 Å². The maximum absolute atomic E-state index is 12.6. The summed E-state index contributed by atoms with van der Waals surface area (Å²) >= 11 is 12.3. The van der Waals surface area contributed by atoms with E-state index in [-0.39, 0.29) is 5.78 Å². The van der Waals surface area contributed by atoms with Crippen LogP contribution in [0.25, 0.3) is 0 Å². The van der Waals surface area contributed by atoms with E-state index in [2.05, 4.69) is 0 Å². The second-order valence-electron chi connectivity index (χ2n) is 4.64. The van der Waals surface area contributed by atoms with Gasteiger partial charge in [0.2, 0.25) is 0 Å². The van der Waals surface area contributed by atoms with Crippen LogP contribution >= 0.6 is 23.2 Å². The minimum atomic E-state index is -0.235. The van der Waals surface area contributed by atoms with Gasteiger partial charge in [0, 0.05) is 23.6 Å². The van der Waals surface area contributed by atoms with Gasteiger partial charge in [-0.05, 0) is 18.2 Å². The van der Waals surface area contributed by atoms with Gasteiger partial charge in [-0.3, -0.25) is 4.79 Å². The van der Waals surface area contributed by atoms with Gasteiger partial charge < -0.3 is 9.47 Å². The van der Waals surface area contributed by atoms with Crippen molar-refractivity contribution < 1.29 is 14.3 Å². The highest BCUT2D eigenvalue weighted by Gasteiger charge is 2.20. The molecule has 0 radical (unpaired) electrons. The molecule has 0 saturated heterocycles. The van der Waals surface area contributed by atoms with E-state index in [1.165, 1.54) is 0 Å². The summed E-state index contributed by atoms with van der Waals surface area (Å²) in [5.74, 6) is 0.863. The lowest BCUT2D eigenvalue weighted by Gasteiger charge is -2.11. The Morgan fingerprint density at radius 1 is 0.905 bits per heavy atom. The average Bonchev–Trinajstić information content (AvgIpc) is 2.71. The molecule has 0 bridgehead atoms. The van der Waals surface area contributed by atoms with Crippen LogP contribution in [-0.2, 0) is 0 Å². The maximum Gasteiger partial charge on any atom is 0.196 e. The Hall–Kier alpha value is -1.71. The normalized spacial score (nSPS) is 13.6. The van der Waals surface area contributed by atoms with E-state index in [4.69, 9.17) is 32.7 Å². The summed E-state index contributed by atoms with van der Waals surface area (Å²) in [6.45, 7) is 1.12. The Morgan fingerprint density at radius 3 is 2.29 bits per heavy atom. The fourth-order valence-electron chi connectivity index (χ4n) is 2.15. The molecule has 0 saturated carbocycles. The topological polar surface area (TPSA) is 35.5 Å². The summed E-state index contributed by atoms with van der Waals surface area (Å²) in [5, 5.41) is 0.717. The first-order valence-corrected chi connectivity index (χ1v) is 7.31. The molecule has 3 nitrogen and oxygen atoms in total. The first-order valence-electron chi connectivity index (χ1n) is 6.55. The Bertz CT molecular complexity index is 698. The molecule has 0 amide bonds. The zero-order valence-corrected chi connectivity index (χ0v) is 12.6. The fourth-order valence-corrected chi connectivity index (χ4v) is 2.61. The maximum atomic E-state index is 12.6. The molecule has 5 heteroatoms. The second-order valence-corrected chi connectivity index (χ2v) is 5.45. The Labute approximate surface area is 132 Å². The predicted molar refractivity (Wildman–Crippen MR) is 81.9 cm³/mol. The van der Waals surface area contributed by atoms with Crippen molar-refractivity contribution in [2.45, 2.75) is 6.42 Å². The average molecular weight is 323 g/mol. The molecule has 0 aliphatic carbocycles. The number of ketones is 1. The van der Waals surface area contributed by atoms with Gasteiger partial charge in [-0.1, -0.05) is 35.3 Å². The summed E-state index contributed by atoms with van der Waals surface area (Å²) in [6.07, 6.45) is 0.792.